The number of ether oxygens (including phenoxy) is 1. The van der Waals surface area contributed by atoms with Crippen LogP contribution in [0.4, 0.5) is 5.69 Å². The van der Waals surface area contributed by atoms with Crippen LogP contribution in [-0.4, -0.2) is 44.1 Å². The number of carbonyl (C=O) groups is 1. The molecular formula is C18H23ClIN5O2. The van der Waals surface area contributed by atoms with Crippen LogP contribution in [0.5, 0.6) is 5.75 Å². The van der Waals surface area contributed by atoms with E-state index in [0.29, 0.717) is 29.6 Å². The van der Waals surface area contributed by atoms with Crippen molar-refractivity contribution in [3.05, 3.63) is 53.3 Å². The summed E-state index contributed by atoms with van der Waals surface area (Å²) in [7, 11) is 3.25. The van der Waals surface area contributed by atoms with E-state index in [1.165, 1.54) is 0 Å². The predicted octanol–water partition coefficient (Wildman–Crippen LogP) is 2.71. The fraction of sp³-hybridized carbons (Fsp3) is 0.278. The minimum absolute atomic E-state index is 0. The van der Waals surface area contributed by atoms with Crippen LogP contribution < -0.4 is 20.7 Å². The van der Waals surface area contributed by atoms with Crippen molar-refractivity contribution in [2.45, 2.75) is 6.42 Å². The fourth-order valence-electron chi connectivity index (χ4n) is 2.20. The Morgan fingerprint density at radius 2 is 2.11 bits per heavy atom. The van der Waals surface area contributed by atoms with Gasteiger partial charge in [-0.15, -0.1) is 24.0 Å². The van der Waals surface area contributed by atoms with Crippen LogP contribution >= 0.6 is 35.6 Å². The molecule has 0 radical (unpaired) electrons. The second kappa shape index (κ2) is 12.3. The first-order valence-electron chi connectivity index (χ1n) is 8.09. The third-order valence-electron chi connectivity index (χ3n) is 3.53. The number of hydrogen-bond acceptors (Lipinski definition) is 4. The Bertz CT molecular complexity index is 759. The Morgan fingerprint density at radius 3 is 2.74 bits per heavy atom. The summed E-state index contributed by atoms with van der Waals surface area (Å²) in [6.45, 7) is 0.716. The van der Waals surface area contributed by atoms with Crippen molar-refractivity contribution in [2.75, 3.05) is 32.6 Å². The van der Waals surface area contributed by atoms with E-state index in [4.69, 9.17) is 16.3 Å². The van der Waals surface area contributed by atoms with Gasteiger partial charge in [0.05, 0.1) is 25.5 Å². The largest absolute Gasteiger partial charge is 0.497 e. The monoisotopic (exact) mass is 503 g/mol. The highest BCUT2D eigenvalue weighted by atomic mass is 127. The molecule has 2 rings (SSSR count). The van der Waals surface area contributed by atoms with Crippen LogP contribution in [0.2, 0.25) is 5.02 Å². The van der Waals surface area contributed by atoms with E-state index in [0.717, 1.165) is 11.3 Å². The molecule has 146 valence electrons. The first-order chi connectivity index (χ1) is 12.6. The average molecular weight is 504 g/mol. The lowest BCUT2D eigenvalue weighted by molar-refractivity contribution is -0.115. The molecule has 0 aliphatic carbocycles. The summed E-state index contributed by atoms with van der Waals surface area (Å²) in [5, 5.41) is 9.51. The zero-order valence-electron chi connectivity index (χ0n) is 15.2. The van der Waals surface area contributed by atoms with E-state index in [-0.39, 0.29) is 36.4 Å². The third kappa shape index (κ3) is 8.00. The molecule has 1 heterocycles. The summed E-state index contributed by atoms with van der Waals surface area (Å²) in [6, 6.07) is 9.12. The molecule has 1 aromatic carbocycles. The fourth-order valence-corrected chi connectivity index (χ4v) is 2.46. The molecule has 0 saturated heterocycles. The van der Waals surface area contributed by atoms with Crippen LogP contribution in [0.15, 0.2) is 47.7 Å². The lowest BCUT2D eigenvalue weighted by Gasteiger charge is -2.12. The van der Waals surface area contributed by atoms with Crippen molar-refractivity contribution in [3.8, 4) is 5.75 Å². The number of guanidine groups is 1. The molecule has 9 heteroatoms. The zero-order valence-corrected chi connectivity index (χ0v) is 18.2. The van der Waals surface area contributed by atoms with E-state index in [1.54, 1.807) is 44.8 Å². The molecule has 27 heavy (non-hydrogen) atoms. The van der Waals surface area contributed by atoms with E-state index in [1.807, 2.05) is 12.1 Å². The van der Waals surface area contributed by atoms with Gasteiger partial charge in [-0.3, -0.25) is 14.8 Å². The number of nitrogens with zero attached hydrogens (tertiary/aromatic N) is 2. The highest BCUT2D eigenvalue weighted by molar-refractivity contribution is 14.0. The maximum absolute atomic E-state index is 11.9. The van der Waals surface area contributed by atoms with Crippen molar-refractivity contribution in [2.24, 2.45) is 4.99 Å². The molecule has 0 bridgehead atoms. The molecule has 0 unspecified atom stereocenters. The quantitative estimate of drug-likeness (QED) is 0.307. The van der Waals surface area contributed by atoms with Gasteiger partial charge < -0.3 is 20.7 Å². The van der Waals surface area contributed by atoms with Gasteiger partial charge in [0.2, 0.25) is 5.91 Å². The number of pyridine rings is 1. The molecule has 7 nitrogen and oxygen atoms in total. The molecule has 0 saturated carbocycles. The molecule has 1 aromatic heterocycles. The minimum Gasteiger partial charge on any atom is -0.497 e. The van der Waals surface area contributed by atoms with Crippen LogP contribution in [0, 0.1) is 0 Å². The van der Waals surface area contributed by atoms with Crippen LogP contribution in [-0.2, 0) is 11.2 Å². The molecule has 0 atom stereocenters. The number of halogens is 2. The van der Waals surface area contributed by atoms with E-state index >= 15 is 0 Å². The maximum atomic E-state index is 11.9. The topological polar surface area (TPSA) is 87.6 Å². The number of methoxy groups -OCH3 is 1. The van der Waals surface area contributed by atoms with E-state index in [2.05, 4.69) is 25.9 Å². The Hall–Kier alpha value is -2.07. The van der Waals surface area contributed by atoms with Gasteiger partial charge in [0, 0.05) is 24.8 Å². The number of aliphatic imine (C=N–C) groups is 1. The van der Waals surface area contributed by atoms with E-state index in [9.17, 15) is 4.79 Å². The molecule has 0 aliphatic rings. The smallest absolute Gasteiger partial charge is 0.243 e. The maximum Gasteiger partial charge on any atom is 0.243 e. The average Bonchev–Trinajstić information content (AvgIpc) is 2.66. The van der Waals surface area contributed by atoms with Crippen molar-refractivity contribution in [3.63, 3.8) is 0 Å². The van der Waals surface area contributed by atoms with Crippen molar-refractivity contribution >= 4 is 53.1 Å². The Morgan fingerprint density at radius 1 is 1.30 bits per heavy atom. The number of aromatic nitrogens is 1. The van der Waals surface area contributed by atoms with Gasteiger partial charge in [0.15, 0.2) is 5.96 Å². The molecule has 2 aromatic rings. The summed E-state index contributed by atoms with van der Waals surface area (Å²) in [5.41, 5.74) is 1.65. The van der Waals surface area contributed by atoms with Gasteiger partial charge in [0.25, 0.3) is 0 Å². The summed E-state index contributed by atoms with van der Waals surface area (Å²) < 4.78 is 5.14. The number of hydrogen-bond donors (Lipinski definition) is 3. The number of nitrogens with one attached hydrogen (secondary N) is 3. The summed E-state index contributed by atoms with van der Waals surface area (Å²) in [6.07, 6.45) is 3.95. The van der Waals surface area contributed by atoms with Gasteiger partial charge in [-0.1, -0.05) is 17.7 Å². The van der Waals surface area contributed by atoms with Crippen molar-refractivity contribution in [1.82, 2.24) is 15.6 Å². The highest BCUT2D eigenvalue weighted by Crippen LogP contribution is 2.22. The third-order valence-corrected chi connectivity index (χ3v) is 3.88. The van der Waals surface area contributed by atoms with Crippen LogP contribution in [0.1, 0.15) is 5.56 Å². The molecule has 0 spiro atoms. The second-order valence-corrected chi connectivity index (χ2v) is 5.76. The lowest BCUT2D eigenvalue weighted by Crippen LogP contribution is -2.42. The number of amides is 1. The molecular weight excluding hydrogens is 481 g/mol. The van der Waals surface area contributed by atoms with E-state index < -0.39 is 0 Å². The first kappa shape index (κ1) is 23.0. The van der Waals surface area contributed by atoms with Gasteiger partial charge in [0.1, 0.15) is 5.75 Å². The number of carbonyl (C=O) groups excluding carboxylic acids is 1. The number of anilines is 1. The zero-order chi connectivity index (χ0) is 18.8. The van der Waals surface area contributed by atoms with Gasteiger partial charge in [-0.05, 0) is 36.2 Å². The normalized spacial score (nSPS) is 10.6. The summed E-state index contributed by atoms with van der Waals surface area (Å²) in [5.74, 6) is 1.08. The Balaban J connectivity index is 0.00000364. The first-order valence-corrected chi connectivity index (χ1v) is 8.47. The second-order valence-electron chi connectivity index (χ2n) is 5.35. The molecule has 3 N–H and O–H groups in total. The standard InChI is InChI=1S/C18H22ClN5O2.HI/c1-20-18(23-12-17(25)24-14-4-3-8-21-11-14)22-9-7-13-5-6-15(26-2)10-16(13)19;/h3-6,8,10-11H,7,9,12H2,1-2H3,(H,24,25)(H2,20,22,23);1H. The molecule has 0 aliphatic heterocycles. The minimum atomic E-state index is -0.181. The van der Waals surface area contributed by atoms with Gasteiger partial charge in [-0.25, -0.2) is 0 Å². The number of rotatable bonds is 7. The van der Waals surface area contributed by atoms with Crippen molar-refractivity contribution < 1.29 is 9.53 Å². The number of benzene rings is 1. The molecule has 1 amide bonds. The summed E-state index contributed by atoms with van der Waals surface area (Å²) in [4.78, 5) is 20.0. The Labute approximate surface area is 181 Å². The Kier molecular flexibility index (Phi) is 10.5. The highest BCUT2D eigenvalue weighted by Gasteiger charge is 2.06. The van der Waals surface area contributed by atoms with Gasteiger partial charge >= 0.3 is 0 Å². The van der Waals surface area contributed by atoms with Gasteiger partial charge in [-0.2, -0.15) is 0 Å². The van der Waals surface area contributed by atoms with Crippen LogP contribution in [0.25, 0.3) is 0 Å². The lowest BCUT2D eigenvalue weighted by atomic mass is 10.1. The summed E-state index contributed by atoms with van der Waals surface area (Å²) >= 11 is 6.23. The van der Waals surface area contributed by atoms with Crippen LogP contribution in [0.3, 0.4) is 0 Å². The predicted molar refractivity (Wildman–Crippen MR) is 119 cm³/mol. The molecule has 0 fully saturated rings. The SMILES string of the molecule is CN=C(NCCc1ccc(OC)cc1Cl)NCC(=O)Nc1cccnc1.I. The van der Waals surface area contributed by atoms with Crippen molar-refractivity contribution in [1.29, 1.82) is 0 Å².